The van der Waals surface area contributed by atoms with E-state index < -0.39 is 0 Å². The van der Waals surface area contributed by atoms with E-state index in [2.05, 4.69) is 55.4 Å². The molecule has 32 heavy (non-hydrogen) atoms. The van der Waals surface area contributed by atoms with E-state index in [1.54, 1.807) is 0 Å². The topological polar surface area (TPSA) is 0 Å². The van der Waals surface area contributed by atoms with E-state index in [1.165, 1.54) is 27.8 Å². The van der Waals surface area contributed by atoms with Crippen molar-refractivity contribution in [3.8, 4) is 0 Å². The second kappa shape index (κ2) is 16.3. The molecular formula is C31H36U. The molecule has 0 amide bonds. The average molecular weight is 647 g/mol. The van der Waals surface area contributed by atoms with Crippen molar-refractivity contribution in [2.45, 2.75) is 34.6 Å². The molecule has 0 saturated heterocycles. The maximum atomic E-state index is 3.72. The second-order valence-corrected chi connectivity index (χ2v) is 7.58. The zero-order valence-corrected chi connectivity index (χ0v) is 24.4. The average Bonchev–Trinajstić information content (AvgIpc) is 2.94. The third kappa shape index (κ3) is 11.3. The van der Waals surface area contributed by atoms with Gasteiger partial charge in [-0.05, 0) is 0 Å². The van der Waals surface area contributed by atoms with Crippen LogP contribution in [0, 0.1) is 86.5 Å². The fourth-order valence-corrected chi connectivity index (χ4v) is 2.84. The standard InChI is InChI=1S/C10H15.3C7H7.U/c1-6-7(2)9(4)10(5)8(6)3;3*1-7-5-3-2-4-6-7;/h1-5H3;3*2-6H,1H2;/q4*-1;+4. The minimum absolute atomic E-state index is 0. The molecule has 164 valence electrons. The summed E-state index contributed by atoms with van der Waals surface area (Å²) in [4.78, 5) is 0. The third-order valence-electron chi connectivity index (χ3n) is 5.34. The van der Waals surface area contributed by atoms with Crippen molar-refractivity contribution in [2.75, 3.05) is 0 Å². The summed E-state index contributed by atoms with van der Waals surface area (Å²) >= 11 is 0. The monoisotopic (exact) mass is 646 g/mol. The van der Waals surface area contributed by atoms with Crippen molar-refractivity contribution in [1.82, 2.24) is 0 Å². The van der Waals surface area contributed by atoms with Crippen LogP contribution in [0.5, 0.6) is 0 Å². The number of benzene rings is 3. The molecule has 0 radical (unpaired) electrons. The smallest absolute Gasteiger partial charge is 0.199 e. The molecule has 4 aromatic rings. The molecule has 4 aromatic carbocycles. The molecule has 0 fully saturated rings. The largest absolute Gasteiger partial charge is 4.00 e. The van der Waals surface area contributed by atoms with Crippen LogP contribution in [0.2, 0.25) is 0 Å². The first-order valence-electron chi connectivity index (χ1n) is 10.5. The molecular weight excluding hydrogens is 610 g/mol. The van der Waals surface area contributed by atoms with Gasteiger partial charge in [-0.1, -0.05) is 52.8 Å². The van der Waals surface area contributed by atoms with E-state index in [4.69, 9.17) is 0 Å². The first-order valence-corrected chi connectivity index (χ1v) is 10.5. The van der Waals surface area contributed by atoms with Crippen molar-refractivity contribution in [3.63, 3.8) is 0 Å². The maximum absolute atomic E-state index is 3.72. The quantitative estimate of drug-likeness (QED) is 0.168. The van der Waals surface area contributed by atoms with E-state index in [-0.39, 0.29) is 31.1 Å². The van der Waals surface area contributed by atoms with Crippen LogP contribution >= 0.6 is 0 Å². The molecule has 0 aliphatic heterocycles. The van der Waals surface area contributed by atoms with E-state index in [9.17, 15) is 0 Å². The summed E-state index contributed by atoms with van der Waals surface area (Å²) in [5, 5.41) is 0. The number of rotatable bonds is 0. The Kier molecular flexibility index (Phi) is 15.1. The Balaban J connectivity index is 0.000000401. The van der Waals surface area contributed by atoms with Crippen LogP contribution in [-0.2, 0) is 0 Å². The summed E-state index contributed by atoms with van der Waals surface area (Å²) in [5.41, 5.74) is 10.6. The van der Waals surface area contributed by atoms with Gasteiger partial charge in [0.15, 0.2) is 0 Å². The molecule has 0 aromatic heterocycles. The Labute approximate surface area is 220 Å². The van der Waals surface area contributed by atoms with Crippen LogP contribution < -0.4 is 0 Å². The van der Waals surface area contributed by atoms with Crippen molar-refractivity contribution >= 4 is 0 Å². The maximum Gasteiger partial charge on any atom is 4.00 e. The summed E-state index contributed by atoms with van der Waals surface area (Å²) in [6.07, 6.45) is 0. The van der Waals surface area contributed by atoms with Crippen LogP contribution in [0.15, 0.2) is 91.0 Å². The molecule has 0 atom stereocenters. The Hall–Kier alpha value is -2.33. The van der Waals surface area contributed by atoms with E-state index in [0.717, 1.165) is 16.7 Å². The van der Waals surface area contributed by atoms with Crippen LogP contribution in [0.1, 0.15) is 44.5 Å². The van der Waals surface area contributed by atoms with Crippen LogP contribution in [0.3, 0.4) is 0 Å². The molecule has 0 heterocycles. The van der Waals surface area contributed by atoms with E-state index in [0.29, 0.717) is 0 Å². The van der Waals surface area contributed by atoms with E-state index in [1.807, 2.05) is 91.0 Å². The van der Waals surface area contributed by atoms with Gasteiger partial charge in [0.05, 0.1) is 0 Å². The Morgan fingerprint density at radius 2 is 0.688 bits per heavy atom. The van der Waals surface area contributed by atoms with Gasteiger partial charge >= 0.3 is 31.1 Å². The molecule has 0 N–H and O–H groups in total. The zero-order valence-electron chi connectivity index (χ0n) is 20.3. The van der Waals surface area contributed by atoms with Gasteiger partial charge in [0, 0.05) is 0 Å². The third-order valence-corrected chi connectivity index (χ3v) is 5.34. The first-order chi connectivity index (χ1) is 14.7. The molecule has 1 heteroatoms. The molecule has 0 nitrogen and oxygen atoms in total. The predicted molar refractivity (Wildman–Crippen MR) is 138 cm³/mol. The van der Waals surface area contributed by atoms with Gasteiger partial charge in [-0.3, -0.25) is 0 Å². The predicted octanol–water partition coefficient (Wildman–Crippen LogP) is 8.55. The van der Waals surface area contributed by atoms with Crippen molar-refractivity contribution in [3.05, 3.63) is 156 Å². The summed E-state index contributed by atoms with van der Waals surface area (Å²) in [6.45, 7) is 22.2. The Morgan fingerprint density at radius 3 is 0.781 bits per heavy atom. The van der Waals surface area contributed by atoms with Gasteiger partial charge in [0.2, 0.25) is 0 Å². The first kappa shape index (κ1) is 29.7. The van der Waals surface area contributed by atoms with Gasteiger partial charge in [-0.15, -0.1) is 36.4 Å². The molecule has 0 saturated carbocycles. The van der Waals surface area contributed by atoms with E-state index >= 15 is 0 Å². The summed E-state index contributed by atoms with van der Waals surface area (Å²) in [7, 11) is 0. The molecule has 0 aliphatic carbocycles. The Morgan fingerprint density at radius 1 is 0.469 bits per heavy atom. The summed E-state index contributed by atoms with van der Waals surface area (Å²) in [6, 6.07) is 29.6. The van der Waals surface area contributed by atoms with Crippen molar-refractivity contribution in [2.24, 2.45) is 0 Å². The number of hydrogen-bond donors (Lipinski definition) is 0. The van der Waals surface area contributed by atoms with Gasteiger partial charge in [-0.2, -0.15) is 102 Å². The molecule has 0 aliphatic rings. The van der Waals surface area contributed by atoms with Gasteiger partial charge in [-0.25, -0.2) is 0 Å². The second-order valence-electron chi connectivity index (χ2n) is 7.58. The minimum Gasteiger partial charge on any atom is -0.199 e. The van der Waals surface area contributed by atoms with Gasteiger partial charge < -0.3 is 0 Å². The van der Waals surface area contributed by atoms with Crippen LogP contribution in [0.25, 0.3) is 0 Å². The minimum atomic E-state index is 0. The van der Waals surface area contributed by atoms with Crippen molar-refractivity contribution < 1.29 is 31.1 Å². The molecule has 0 bridgehead atoms. The molecule has 0 spiro atoms. The SMILES string of the molecule is Cc1c(C)c(C)[c-](C)c1C.[CH2-]c1ccccc1.[CH2-]c1ccccc1.[CH2-]c1ccccc1.[U+4]. The summed E-state index contributed by atoms with van der Waals surface area (Å²) < 4.78 is 0. The summed E-state index contributed by atoms with van der Waals surface area (Å²) in [5.74, 6) is 0. The van der Waals surface area contributed by atoms with Gasteiger partial charge in [0.1, 0.15) is 0 Å². The molecule has 4 rings (SSSR count). The van der Waals surface area contributed by atoms with Crippen molar-refractivity contribution in [1.29, 1.82) is 0 Å². The van der Waals surface area contributed by atoms with Crippen LogP contribution in [-0.4, -0.2) is 0 Å². The zero-order chi connectivity index (χ0) is 23.2. The normalized spacial score (nSPS) is 8.91. The fraction of sp³-hybridized carbons (Fsp3) is 0.161. The molecule has 0 unspecified atom stereocenters. The Bertz CT molecular complexity index is 812. The number of hydrogen-bond acceptors (Lipinski definition) is 0. The fourth-order valence-electron chi connectivity index (χ4n) is 2.84. The van der Waals surface area contributed by atoms with Crippen LogP contribution in [0.4, 0.5) is 0 Å². The van der Waals surface area contributed by atoms with Gasteiger partial charge in [0.25, 0.3) is 0 Å².